The van der Waals surface area contributed by atoms with Gasteiger partial charge in [0, 0.05) is 21.5 Å². The molecule has 5 N–H and O–H groups in total. The fraction of sp³-hybridized carbons (Fsp3) is 0.0625. The molecule has 24 heavy (non-hydrogen) atoms. The van der Waals surface area contributed by atoms with Crippen LogP contribution in [0.5, 0.6) is 5.75 Å². The predicted octanol–water partition coefficient (Wildman–Crippen LogP) is 2.40. The summed E-state index contributed by atoms with van der Waals surface area (Å²) in [6, 6.07) is 14.2. The Morgan fingerprint density at radius 3 is 2.42 bits per heavy atom. The summed E-state index contributed by atoms with van der Waals surface area (Å²) in [4.78, 5) is 18.8. The van der Waals surface area contributed by atoms with E-state index < -0.39 is 5.97 Å². The molecule has 0 saturated carbocycles. The topological polar surface area (TPSA) is 111 Å². The second-order valence-electron chi connectivity index (χ2n) is 4.32. The molecule has 1 amide bonds. The zero-order valence-corrected chi connectivity index (χ0v) is 17.6. The van der Waals surface area contributed by atoms with Crippen LogP contribution in [0.25, 0.3) is 5.43 Å². The molecule has 8 heteroatoms. The Kier molecular flexibility index (Phi) is 10.5. The Balaban J connectivity index is 0.000000954. The van der Waals surface area contributed by atoms with Crippen LogP contribution in [0.15, 0.2) is 58.1 Å². The summed E-state index contributed by atoms with van der Waals surface area (Å²) in [7, 11) is 0. The molecule has 2 aromatic rings. The number of hydrogen-bond donors (Lipinski definition) is 0. The normalized spacial score (nSPS) is 9.42. The van der Waals surface area contributed by atoms with Gasteiger partial charge < -0.3 is 20.7 Å². The van der Waals surface area contributed by atoms with Crippen LogP contribution in [0.2, 0.25) is 0 Å². The van der Waals surface area contributed by atoms with Crippen LogP contribution in [-0.4, -0.2) is 33.1 Å². The molecule has 6 nitrogen and oxygen atoms in total. The third kappa shape index (κ3) is 8.55. The van der Waals surface area contributed by atoms with E-state index in [0.717, 1.165) is 4.47 Å². The summed E-state index contributed by atoms with van der Waals surface area (Å²) in [6.07, 6.45) is 1.44. The van der Waals surface area contributed by atoms with E-state index in [2.05, 4.69) is 26.5 Å². The monoisotopic (exact) mass is 444 g/mol. The van der Waals surface area contributed by atoms with Crippen molar-refractivity contribution in [1.29, 1.82) is 0 Å². The average molecular weight is 447 g/mol. The molecule has 0 unspecified atom stereocenters. The van der Waals surface area contributed by atoms with Crippen LogP contribution in [0, 0.1) is 0 Å². The Bertz CT molecular complexity index is 704. The third-order valence-corrected chi connectivity index (χ3v) is 2.89. The molecule has 2 aromatic carbocycles. The molecule has 0 aromatic heterocycles. The summed E-state index contributed by atoms with van der Waals surface area (Å²) in [6.45, 7) is 1.19. The average Bonchev–Trinajstić information content (AvgIpc) is 2.51. The van der Waals surface area contributed by atoms with E-state index >= 15 is 0 Å². The van der Waals surface area contributed by atoms with Crippen molar-refractivity contribution in [3.8, 4) is 5.75 Å². The number of rotatable bonds is 3. The Morgan fingerprint density at radius 1 is 1.25 bits per heavy atom. The van der Waals surface area contributed by atoms with Gasteiger partial charge in [0.25, 0.3) is 11.7 Å². The smallest absolute Gasteiger partial charge is 0.593 e. The maximum Gasteiger partial charge on any atom is 2.00 e. The fourth-order valence-corrected chi connectivity index (χ4v) is 1.81. The van der Waals surface area contributed by atoms with Gasteiger partial charge in [-0.05, 0) is 24.3 Å². The molecule has 0 fully saturated rings. The molecule has 0 radical (unpaired) electrons. The number of nitrogens with zero attached hydrogens (tertiary/aromatic N) is 2. The molecule has 0 saturated heterocycles. The Morgan fingerprint density at radius 2 is 1.83 bits per heavy atom. The molecule has 0 aliphatic heterocycles. The van der Waals surface area contributed by atoms with Gasteiger partial charge in [0.15, 0.2) is 0 Å². The third-order valence-electron chi connectivity index (χ3n) is 2.39. The van der Waals surface area contributed by atoms with Gasteiger partial charge in [-0.25, -0.2) is 0 Å². The Labute approximate surface area is 160 Å². The molecule has 2 rings (SSSR count). The van der Waals surface area contributed by atoms with E-state index in [4.69, 9.17) is 15.0 Å². The van der Waals surface area contributed by atoms with Gasteiger partial charge >= 0.3 is 25.4 Å². The van der Waals surface area contributed by atoms with Gasteiger partial charge in [0.05, 0.1) is 18.1 Å². The van der Waals surface area contributed by atoms with Crippen LogP contribution < -0.4 is 0 Å². The van der Waals surface area contributed by atoms with E-state index in [1.807, 2.05) is 6.07 Å². The first-order valence-corrected chi connectivity index (χ1v) is 7.28. The largest absolute Gasteiger partial charge is 2.00 e. The van der Waals surface area contributed by atoms with Crippen molar-refractivity contribution < 1.29 is 39.3 Å². The molecule has 0 aliphatic carbocycles. The number of halogens is 1. The van der Waals surface area contributed by atoms with Crippen LogP contribution in [0.1, 0.15) is 18.1 Å². The second kappa shape index (κ2) is 11.5. The van der Waals surface area contributed by atoms with Crippen LogP contribution >= 0.6 is 15.9 Å². The minimum Gasteiger partial charge on any atom is -0.593 e. The molecule has 120 valence electrons. The van der Waals surface area contributed by atoms with Gasteiger partial charge in [-0.1, -0.05) is 34.1 Å². The van der Waals surface area contributed by atoms with E-state index in [9.17, 15) is 4.79 Å². The van der Waals surface area contributed by atoms with Gasteiger partial charge in [-0.15, -0.1) is 0 Å². The van der Waals surface area contributed by atoms with Crippen molar-refractivity contribution in [2.45, 2.75) is 6.92 Å². The van der Waals surface area contributed by atoms with Crippen LogP contribution in [0.4, 0.5) is 0 Å². The van der Waals surface area contributed by atoms with Crippen molar-refractivity contribution in [2.24, 2.45) is 5.10 Å². The summed E-state index contributed by atoms with van der Waals surface area (Å²) in [5.74, 6) is -0.389. The number of carbonyl (C=O) groups is 1. The summed E-state index contributed by atoms with van der Waals surface area (Å²) in [5.41, 5.74) is 4.92. The van der Waals surface area contributed by atoms with Gasteiger partial charge in [-0.3, -0.25) is 4.79 Å². The zero-order valence-electron chi connectivity index (χ0n) is 13.0. The van der Waals surface area contributed by atoms with Gasteiger partial charge in [-0.2, -0.15) is 0 Å². The summed E-state index contributed by atoms with van der Waals surface area (Å²) >= 11 is 3.32. The first kappa shape index (κ1) is 22.0. The van der Waals surface area contributed by atoms with Crippen molar-refractivity contribution >= 4 is 34.0 Å². The fourth-order valence-electron chi connectivity index (χ4n) is 1.43. The molecule has 0 aliphatic rings. The molecule has 0 bridgehead atoms. The maximum absolute atomic E-state index is 9.70. The van der Waals surface area contributed by atoms with Crippen molar-refractivity contribution in [3.63, 3.8) is 0 Å². The van der Waals surface area contributed by atoms with Gasteiger partial charge in [0.1, 0.15) is 0 Å². The van der Waals surface area contributed by atoms with Crippen LogP contribution in [-0.2, 0) is 24.3 Å². The minimum atomic E-state index is -0.583. The quantitative estimate of drug-likeness (QED) is 0.307. The van der Waals surface area contributed by atoms with Gasteiger partial charge in [0.2, 0.25) is 0 Å². The first-order valence-electron chi connectivity index (χ1n) is 6.49. The number of hydrogen-bond acceptors (Lipinski definition) is 2. The number of carbonyl (C=O) groups excluding carboxylic acids is 2. The first-order chi connectivity index (χ1) is 10.9. The number of amides is 1. The standard InChI is InChI=1S/C14H11BrN2O2.C2H4O2.Zn/c15-12-6-7-13(18)11(8-12)9-16-17-14(19)10-4-2-1-3-5-10;1-2(3)4;/h1-9H,(H2,16,17,18,19);1H3,(H,3,4);/q;;+2/p+2. The van der Waals surface area contributed by atoms with E-state index in [1.165, 1.54) is 13.1 Å². The van der Waals surface area contributed by atoms with Crippen LogP contribution in [0.3, 0.4) is 0 Å². The van der Waals surface area contributed by atoms with Crippen molar-refractivity contribution in [1.82, 2.24) is 0 Å². The summed E-state index contributed by atoms with van der Waals surface area (Å²) in [5, 5.41) is 17.4. The van der Waals surface area contributed by atoms with Crippen molar-refractivity contribution in [3.05, 3.63) is 69.6 Å². The summed E-state index contributed by atoms with van der Waals surface area (Å²) < 4.78 is 0.862. The zero-order chi connectivity index (χ0) is 17.2. The molecule has 0 heterocycles. The van der Waals surface area contributed by atoms with E-state index in [1.54, 1.807) is 42.5 Å². The van der Waals surface area contributed by atoms with E-state index in [0.29, 0.717) is 16.9 Å². The minimum absolute atomic E-state index is 0. The number of benzene rings is 2. The maximum atomic E-state index is 9.70. The predicted molar refractivity (Wildman–Crippen MR) is 94.9 cm³/mol. The van der Waals surface area contributed by atoms with E-state index in [-0.39, 0.29) is 25.4 Å². The SMILES string of the molecule is CC(=O)[OH2+].[OH+]=C([N-]N=Cc1cc(Br)ccc1[OH2+])c1ccccc1.[Zn+2]. The van der Waals surface area contributed by atoms with Crippen molar-refractivity contribution in [2.75, 3.05) is 0 Å². The molecule has 0 atom stereocenters. The second-order valence-corrected chi connectivity index (χ2v) is 5.24. The molecular weight excluding hydrogens is 429 g/mol. The molecule has 0 spiro atoms. The Hall–Kier alpha value is -2.05. The molecular formula is C16H17BrN2O4Zn+4.